The van der Waals surface area contributed by atoms with E-state index in [4.69, 9.17) is 10.8 Å². The number of amides is 1. The van der Waals surface area contributed by atoms with Crippen LogP contribution >= 0.6 is 0 Å². The van der Waals surface area contributed by atoms with Crippen molar-refractivity contribution in [3.05, 3.63) is 0 Å². The Morgan fingerprint density at radius 1 is 1.40 bits per heavy atom. The number of hydrogen-bond acceptors (Lipinski definition) is 3. The highest BCUT2D eigenvalue weighted by molar-refractivity contribution is 5.82. The Hall–Kier alpha value is -1.10. The van der Waals surface area contributed by atoms with Gasteiger partial charge in [0.25, 0.3) is 0 Å². The Morgan fingerprint density at radius 2 is 2.00 bits per heavy atom. The normalized spacial score (nSPS) is 14.3. The molecule has 88 valence electrons. The second kappa shape index (κ2) is 7.23. The molecule has 0 bridgehead atoms. The summed E-state index contributed by atoms with van der Waals surface area (Å²) in [6.45, 7) is 3.76. The lowest BCUT2D eigenvalue weighted by Gasteiger charge is -2.18. The molecule has 0 saturated heterocycles. The van der Waals surface area contributed by atoms with E-state index >= 15 is 0 Å². The first kappa shape index (κ1) is 13.9. The minimum atomic E-state index is -0.904. The van der Waals surface area contributed by atoms with Crippen LogP contribution in [0.2, 0.25) is 0 Å². The van der Waals surface area contributed by atoms with Crippen LogP contribution in [0.25, 0.3) is 0 Å². The zero-order valence-corrected chi connectivity index (χ0v) is 9.32. The van der Waals surface area contributed by atoms with Crippen molar-refractivity contribution >= 4 is 11.9 Å². The van der Waals surface area contributed by atoms with Crippen LogP contribution in [0.15, 0.2) is 0 Å². The van der Waals surface area contributed by atoms with E-state index in [1.165, 1.54) is 0 Å². The highest BCUT2D eigenvalue weighted by atomic mass is 16.4. The Labute approximate surface area is 90.0 Å². The molecular formula is C10H20N2O3. The molecule has 0 fully saturated rings. The summed E-state index contributed by atoms with van der Waals surface area (Å²) in [4.78, 5) is 21.9. The van der Waals surface area contributed by atoms with Gasteiger partial charge < -0.3 is 16.2 Å². The van der Waals surface area contributed by atoms with Crippen LogP contribution in [0.4, 0.5) is 0 Å². The maximum absolute atomic E-state index is 11.4. The van der Waals surface area contributed by atoms with Crippen molar-refractivity contribution in [1.82, 2.24) is 5.32 Å². The number of aliphatic carboxylic acids is 1. The van der Waals surface area contributed by atoms with Crippen molar-refractivity contribution in [2.45, 2.75) is 51.6 Å². The van der Waals surface area contributed by atoms with Gasteiger partial charge in [0.05, 0.1) is 12.5 Å². The summed E-state index contributed by atoms with van der Waals surface area (Å²) in [6, 6.07) is -0.851. The average Bonchev–Trinajstić information content (AvgIpc) is 2.15. The van der Waals surface area contributed by atoms with Gasteiger partial charge in [-0.2, -0.15) is 0 Å². The molecule has 0 aliphatic heterocycles. The number of rotatable bonds is 7. The van der Waals surface area contributed by atoms with Gasteiger partial charge in [-0.15, -0.1) is 0 Å². The molecule has 0 aromatic heterocycles. The van der Waals surface area contributed by atoms with Crippen molar-refractivity contribution < 1.29 is 14.7 Å². The van der Waals surface area contributed by atoms with Crippen molar-refractivity contribution in [2.24, 2.45) is 5.73 Å². The summed E-state index contributed by atoms with van der Waals surface area (Å²) in [6.07, 6.45) is 2.00. The van der Waals surface area contributed by atoms with Crippen molar-refractivity contribution in [3.63, 3.8) is 0 Å². The molecule has 15 heavy (non-hydrogen) atoms. The van der Waals surface area contributed by atoms with E-state index in [-0.39, 0.29) is 18.4 Å². The van der Waals surface area contributed by atoms with Crippen LogP contribution in [0.3, 0.4) is 0 Å². The molecule has 0 aromatic carbocycles. The van der Waals surface area contributed by atoms with Crippen LogP contribution in [0.1, 0.15) is 39.5 Å². The Balaban J connectivity index is 4.14. The maximum atomic E-state index is 11.4. The summed E-state index contributed by atoms with van der Waals surface area (Å²) >= 11 is 0. The molecule has 0 rings (SSSR count). The SMILES string of the molecule is CCCC(CC(=O)O)NC(=O)[C@@H](N)CC. The van der Waals surface area contributed by atoms with Crippen LogP contribution < -0.4 is 11.1 Å². The standard InChI is InChI=1S/C10H20N2O3/c1-3-5-7(6-9(13)14)12-10(15)8(11)4-2/h7-8H,3-6,11H2,1-2H3,(H,12,15)(H,13,14)/t7?,8-/m0/s1. The van der Waals surface area contributed by atoms with Gasteiger partial charge >= 0.3 is 5.97 Å². The highest BCUT2D eigenvalue weighted by Crippen LogP contribution is 2.02. The quantitative estimate of drug-likeness (QED) is 0.577. The van der Waals surface area contributed by atoms with Gasteiger partial charge in [-0.1, -0.05) is 20.3 Å². The Morgan fingerprint density at radius 3 is 2.40 bits per heavy atom. The van der Waals surface area contributed by atoms with Gasteiger partial charge in [-0.05, 0) is 12.8 Å². The molecule has 0 spiro atoms. The molecule has 0 radical (unpaired) electrons. The molecule has 0 aliphatic rings. The van der Waals surface area contributed by atoms with Crippen molar-refractivity contribution in [2.75, 3.05) is 0 Å². The van der Waals surface area contributed by atoms with Gasteiger partial charge in [0, 0.05) is 6.04 Å². The number of carbonyl (C=O) groups excluding carboxylic acids is 1. The number of carboxylic acids is 1. The molecular weight excluding hydrogens is 196 g/mol. The zero-order valence-electron chi connectivity index (χ0n) is 9.32. The van der Waals surface area contributed by atoms with Crippen LogP contribution in [0.5, 0.6) is 0 Å². The van der Waals surface area contributed by atoms with Crippen LogP contribution in [-0.2, 0) is 9.59 Å². The molecule has 0 aromatic rings. The maximum Gasteiger partial charge on any atom is 0.305 e. The Kier molecular flexibility index (Phi) is 6.70. The smallest absolute Gasteiger partial charge is 0.305 e. The summed E-state index contributed by atoms with van der Waals surface area (Å²) in [5.41, 5.74) is 5.53. The van der Waals surface area contributed by atoms with E-state index in [2.05, 4.69) is 5.32 Å². The first-order valence-electron chi connectivity index (χ1n) is 5.29. The molecule has 2 atom stereocenters. The van der Waals surface area contributed by atoms with E-state index in [1.54, 1.807) is 0 Å². The summed E-state index contributed by atoms with van der Waals surface area (Å²) in [5.74, 6) is -1.17. The first-order valence-corrected chi connectivity index (χ1v) is 5.29. The monoisotopic (exact) mass is 216 g/mol. The van der Waals surface area contributed by atoms with Gasteiger partial charge in [-0.25, -0.2) is 0 Å². The number of nitrogens with one attached hydrogen (secondary N) is 1. The summed E-state index contributed by atoms with van der Waals surface area (Å²) < 4.78 is 0. The van der Waals surface area contributed by atoms with Gasteiger partial charge in [0.15, 0.2) is 0 Å². The summed E-state index contributed by atoms with van der Waals surface area (Å²) in [5, 5.41) is 11.3. The molecule has 5 nitrogen and oxygen atoms in total. The topological polar surface area (TPSA) is 92.4 Å². The first-order chi connectivity index (χ1) is 7.01. The lowest BCUT2D eigenvalue weighted by atomic mass is 10.1. The number of hydrogen-bond donors (Lipinski definition) is 3. The number of carbonyl (C=O) groups is 2. The molecule has 1 amide bonds. The zero-order chi connectivity index (χ0) is 11.8. The fourth-order valence-electron chi connectivity index (χ4n) is 1.28. The molecule has 5 heteroatoms. The molecule has 1 unspecified atom stereocenters. The van der Waals surface area contributed by atoms with E-state index in [1.807, 2.05) is 13.8 Å². The van der Waals surface area contributed by atoms with E-state index < -0.39 is 12.0 Å². The van der Waals surface area contributed by atoms with Gasteiger partial charge in [0.1, 0.15) is 0 Å². The molecule has 0 saturated carbocycles. The summed E-state index contributed by atoms with van der Waals surface area (Å²) in [7, 11) is 0. The van der Waals surface area contributed by atoms with Gasteiger partial charge in [0.2, 0.25) is 5.91 Å². The third-order valence-electron chi connectivity index (χ3n) is 2.18. The van der Waals surface area contributed by atoms with Gasteiger partial charge in [-0.3, -0.25) is 9.59 Å². The minimum Gasteiger partial charge on any atom is -0.481 e. The third kappa shape index (κ3) is 6.06. The minimum absolute atomic E-state index is 0.0456. The average molecular weight is 216 g/mol. The van der Waals surface area contributed by atoms with E-state index in [0.29, 0.717) is 12.8 Å². The van der Waals surface area contributed by atoms with E-state index in [9.17, 15) is 9.59 Å². The van der Waals surface area contributed by atoms with Crippen molar-refractivity contribution in [1.29, 1.82) is 0 Å². The third-order valence-corrected chi connectivity index (χ3v) is 2.18. The molecule has 0 aliphatic carbocycles. The van der Waals surface area contributed by atoms with E-state index in [0.717, 1.165) is 6.42 Å². The highest BCUT2D eigenvalue weighted by Gasteiger charge is 2.18. The fraction of sp³-hybridized carbons (Fsp3) is 0.800. The van der Waals surface area contributed by atoms with Crippen LogP contribution in [-0.4, -0.2) is 29.1 Å². The van der Waals surface area contributed by atoms with Crippen molar-refractivity contribution in [3.8, 4) is 0 Å². The second-order valence-electron chi connectivity index (χ2n) is 3.61. The predicted octanol–water partition coefficient (Wildman–Crippen LogP) is 0.483. The fourth-order valence-corrected chi connectivity index (χ4v) is 1.28. The lowest BCUT2D eigenvalue weighted by molar-refractivity contribution is -0.137. The second-order valence-corrected chi connectivity index (χ2v) is 3.61. The number of nitrogens with two attached hydrogens (primary N) is 1. The lowest BCUT2D eigenvalue weighted by Crippen LogP contribution is -2.45. The van der Waals surface area contributed by atoms with Crippen LogP contribution in [0, 0.1) is 0 Å². The Bertz CT molecular complexity index is 219. The number of carboxylic acid groups (broad SMARTS) is 1. The molecule has 0 heterocycles. The molecule has 4 N–H and O–H groups in total. The predicted molar refractivity (Wildman–Crippen MR) is 57.4 cm³/mol. The largest absolute Gasteiger partial charge is 0.481 e.